The van der Waals surface area contributed by atoms with E-state index in [4.69, 9.17) is 5.73 Å². The van der Waals surface area contributed by atoms with Gasteiger partial charge in [0.1, 0.15) is 0 Å². The first kappa shape index (κ1) is 17.1. The summed E-state index contributed by atoms with van der Waals surface area (Å²) in [5.74, 6) is 0. The van der Waals surface area contributed by atoms with Crippen LogP contribution in [0.2, 0.25) is 0 Å². The van der Waals surface area contributed by atoms with E-state index in [1.807, 2.05) is 0 Å². The highest BCUT2D eigenvalue weighted by Crippen LogP contribution is 2.18. The van der Waals surface area contributed by atoms with E-state index in [-0.39, 0.29) is 0 Å². The molecular weight excluding hydrogens is 288 g/mol. The number of nitrogens with two attached hydrogens (primary N) is 1. The zero-order valence-corrected chi connectivity index (χ0v) is 13.9. The minimum Gasteiger partial charge on any atom is -0.330 e. The van der Waals surface area contributed by atoms with E-state index in [1.54, 1.807) is 8.61 Å². The molecule has 2 aliphatic rings. The largest absolute Gasteiger partial charge is 0.330 e. The van der Waals surface area contributed by atoms with E-state index in [0.29, 0.717) is 26.2 Å². The Morgan fingerprint density at radius 3 is 2.14 bits per heavy atom. The fraction of sp³-hybridized carbons (Fsp3) is 1.00. The summed E-state index contributed by atoms with van der Waals surface area (Å²) in [5.41, 5.74) is 5.51. The molecule has 0 atom stereocenters. The van der Waals surface area contributed by atoms with E-state index in [1.165, 1.54) is 6.42 Å². The summed E-state index contributed by atoms with van der Waals surface area (Å²) in [6.45, 7) is 6.39. The highest BCUT2D eigenvalue weighted by atomic mass is 32.2. The molecule has 0 aromatic heterocycles. The van der Waals surface area contributed by atoms with Crippen molar-refractivity contribution < 1.29 is 8.42 Å². The maximum atomic E-state index is 12.6. The first-order valence-corrected chi connectivity index (χ1v) is 9.72. The van der Waals surface area contributed by atoms with Crippen molar-refractivity contribution in [2.75, 3.05) is 52.4 Å². The molecule has 21 heavy (non-hydrogen) atoms. The molecule has 0 aromatic carbocycles. The van der Waals surface area contributed by atoms with E-state index in [9.17, 15) is 8.42 Å². The first-order chi connectivity index (χ1) is 10.1. The van der Waals surface area contributed by atoms with Crippen LogP contribution in [0, 0.1) is 0 Å². The molecule has 0 aliphatic carbocycles. The summed E-state index contributed by atoms with van der Waals surface area (Å²) in [6, 6.07) is 0. The molecule has 2 fully saturated rings. The lowest BCUT2D eigenvalue weighted by Gasteiger charge is -2.26. The quantitative estimate of drug-likeness (QED) is 0.693. The van der Waals surface area contributed by atoms with Crippen LogP contribution in [0.15, 0.2) is 0 Å². The number of hydrogen-bond acceptors (Lipinski definition) is 4. The Labute approximate surface area is 129 Å². The summed E-state index contributed by atoms with van der Waals surface area (Å²) >= 11 is 0. The van der Waals surface area contributed by atoms with Crippen molar-refractivity contribution in [1.82, 2.24) is 13.5 Å². The van der Waals surface area contributed by atoms with Crippen LogP contribution in [0.4, 0.5) is 0 Å². The predicted molar refractivity (Wildman–Crippen MR) is 85.3 cm³/mol. The van der Waals surface area contributed by atoms with Crippen LogP contribution in [0.5, 0.6) is 0 Å². The molecule has 0 unspecified atom stereocenters. The van der Waals surface area contributed by atoms with Gasteiger partial charge in [0.25, 0.3) is 10.2 Å². The lowest BCUT2D eigenvalue weighted by molar-refractivity contribution is 0.278. The second-order valence-electron chi connectivity index (χ2n) is 6.06. The standard InChI is InChI=1S/C14H30N4O2S/c15-7-2-1-3-8-16-9-6-12-18(14-13-16)21(19,20)17-10-4-5-11-17/h1-15H2. The average molecular weight is 318 g/mol. The molecule has 0 radical (unpaired) electrons. The third-order valence-corrected chi connectivity index (χ3v) is 6.48. The monoisotopic (exact) mass is 318 g/mol. The first-order valence-electron chi connectivity index (χ1n) is 8.32. The topological polar surface area (TPSA) is 69.9 Å². The van der Waals surface area contributed by atoms with Gasteiger partial charge in [0, 0.05) is 32.7 Å². The van der Waals surface area contributed by atoms with Gasteiger partial charge in [-0.25, -0.2) is 0 Å². The molecule has 2 saturated heterocycles. The van der Waals surface area contributed by atoms with Crippen LogP contribution >= 0.6 is 0 Å². The fourth-order valence-corrected chi connectivity index (χ4v) is 4.86. The van der Waals surface area contributed by atoms with Gasteiger partial charge in [0.05, 0.1) is 0 Å². The molecule has 2 rings (SSSR count). The van der Waals surface area contributed by atoms with Gasteiger partial charge in [-0.2, -0.15) is 17.0 Å². The third-order valence-electron chi connectivity index (χ3n) is 4.44. The Morgan fingerprint density at radius 2 is 1.43 bits per heavy atom. The van der Waals surface area contributed by atoms with Crippen LogP contribution in [0.25, 0.3) is 0 Å². The average Bonchev–Trinajstić information content (AvgIpc) is 2.91. The Balaban J connectivity index is 1.80. The number of rotatable bonds is 7. The molecule has 2 aliphatic heterocycles. The molecule has 124 valence electrons. The van der Waals surface area contributed by atoms with Crippen LogP contribution in [-0.2, 0) is 10.2 Å². The normalized spacial score (nSPS) is 23.5. The Morgan fingerprint density at radius 1 is 0.762 bits per heavy atom. The molecule has 0 saturated carbocycles. The number of nitrogens with zero attached hydrogens (tertiary/aromatic N) is 3. The number of unbranched alkanes of at least 4 members (excludes halogenated alkanes) is 2. The van der Waals surface area contributed by atoms with Gasteiger partial charge in [-0.1, -0.05) is 6.42 Å². The Bertz CT molecular complexity index is 396. The molecule has 0 aromatic rings. The molecule has 0 amide bonds. The minimum atomic E-state index is -3.21. The summed E-state index contributed by atoms with van der Waals surface area (Å²) in [5, 5.41) is 0. The zero-order valence-electron chi connectivity index (χ0n) is 13.0. The number of hydrogen-bond donors (Lipinski definition) is 1. The molecule has 2 heterocycles. The van der Waals surface area contributed by atoms with Crippen LogP contribution < -0.4 is 5.73 Å². The molecule has 6 nitrogen and oxygen atoms in total. The lowest BCUT2D eigenvalue weighted by Crippen LogP contribution is -2.44. The third kappa shape index (κ3) is 4.89. The van der Waals surface area contributed by atoms with E-state index >= 15 is 0 Å². The van der Waals surface area contributed by atoms with Crippen molar-refractivity contribution in [2.45, 2.75) is 38.5 Å². The van der Waals surface area contributed by atoms with Crippen molar-refractivity contribution in [3.05, 3.63) is 0 Å². The van der Waals surface area contributed by atoms with Crippen LogP contribution in [0.3, 0.4) is 0 Å². The maximum Gasteiger partial charge on any atom is 0.282 e. The molecule has 0 bridgehead atoms. The van der Waals surface area contributed by atoms with Gasteiger partial charge in [-0.05, 0) is 51.7 Å². The van der Waals surface area contributed by atoms with Gasteiger partial charge in [0.2, 0.25) is 0 Å². The van der Waals surface area contributed by atoms with Crippen LogP contribution in [0.1, 0.15) is 38.5 Å². The fourth-order valence-electron chi connectivity index (χ4n) is 3.14. The summed E-state index contributed by atoms with van der Waals surface area (Å²) in [7, 11) is -3.21. The van der Waals surface area contributed by atoms with Crippen LogP contribution in [-0.4, -0.2) is 74.3 Å². The van der Waals surface area contributed by atoms with Crippen molar-refractivity contribution in [3.8, 4) is 0 Å². The summed E-state index contributed by atoms with van der Waals surface area (Å²) < 4.78 is 28.5. The maximum absolute atomic E-state index is 12.6. The second kappa shape index (κ2) is 8.43. The van der Waals surface area contributed by atoms with Crippen molar-refractivity contribution >= 4 is 10.2 Å². The summed E-state index contributed by atoms with van der Waals surface area (Å²) in [4.78, 5) is 2.40. The lowest BCUT2D eigenvalue weighted by atomic mass is 10.2. The minimum absolute atomic E-state index is 0.635. The Kier molecular flexibility index (Phi) is 6.88. The van der Waals surface area contributed by atoms with E-state index in [2.05, 4.69) is 4.90 Å². The highest BCUT2D eigenvalue weighted by molar-refractivity contribution is 7.86. The summed E-state index contributed by atoms with van der Waals surface area (Å²) in [6.07, 6.45) is 6.35. The molecular formula is C14H30N4O2S. The molecule has 0 spiro atoms. The predicted octanol–water partition coefficient (Wildman–Crippen LogP) is 0.464. The van der Waals surface area contributed by atoms with Gasteiger partial charge < -0.3 is 10.6 Å². The van der Waals surface area contributed by atoms with Gasteiger partial charge in [-0.3, -0.25) is 0 Å². The van der Waals surface area contributed by atoms with E-state index < -0.39 is 10.2 Å². The van der Waals surface area contributed by atoms with Crippen molar-refractivity contribution in [2.24, 2.45) is 5.73 Å². The molecule has 2 N–H and O–H groups in total. The van der Waals surface area contributed by atoms with Crippen molar-refractivity contribution in [1.29, 1.82) is 0 Å². The zero-order chi connectivity index (χ0) is 15.1. The van der Waals surface area contributed by atoms with E-state index in [0.717, 1.165) is 58.3 Å². The van der Waals surface area contributed by atoms with Gasteiger partial charge in [-0.15, -0.1) is 0 Å². The van der Waals surface area contributed by atoms with Gasteiger partial charge >= 0.3 is 0 Å². The smallest absolute Gasteiger partial charge is 0.282 e. The highest BCUT2D eigenvalue weighted by Gasteiger charge is 2.32. The second-order valence-corrected chi connectivity index (χ2v) is 7.99. The van der Waals surface area contributed by atoms with Gasteiger partial charge in [0.15, 0.2) is 0 Å². The Hall–Kier alpha value is -0.210. The molecule has 7 heteroatoms. The van der Waals surface area contributed by atoms with Crippen molar-refractivity contribution in [3.63, 3.8) is 0 Å². The SMILES string of the molecule is NCCCCCN1CCCN(S(=O)(=O)N2CCCC2)CC1.